The molecule has 1 aromatic carbocycles. The smallest absolute Gasteiger partial charge is 0.221 e. The van der Waals surface area contributed by atoms with Gasteiger partial charge in [0.25, 0.3) is 0 Å². The minimum absolute atomic E-state index is 0.228. The van der Waals surface area contributed by atoms with Gasteiger partial charge >= 0.3 is 0 Å². The lowest BCUT2D eigenvalue weighted by atomic mass is 10.2. The average molecular weight is 263 g/mol. The molecule has 0 saturated carbocycles. The zero-order chi connectivity index (χ0) is 13.8. The minimum atomic E-state index is 0.228. The van der Waals surface area contributed by atoms with Gasteiger partial charge in [-0.25, -0.2) is 9.97 Å². The van der Waals surface area contributed by atoms with Gasteiger partial charge in [0.1, 0.15) is 5.69 Å². The summed E-state index contributed by atoms with van der Waals surface area (Å²) in [4.78, 5) is 8.37. The third kappa shape index (κ3) is 2.75. The second-order valence-corrected chi connectivity index (χ2v) is 4.26. The third-order valence-corrected chi connectivity index (χ3v) is 2.78. The number of anilines is 1. The monoisotopic (exact) mass is 263 g/mol. The fourth-order valence-corrected chi connectivity index (χ4v) is 1.87. The molecule has 2 N–H and O–H groups in total. The molecule has 2 heterocycles. The van der Waals surface area contributed by atoms with Crippen LogP contribution in [0.1, 0.15) is 11.3 Å². The number of nitrogen functional groups attached to an aromatic ring is 1. The molecule has 0 unspecified atom stereocenters. The molecule has 2 aromatic heterocycles. The first kappa shape index (κ1) is 12.2. The number of nitrogens with zero attached hydrogens (tertiary/aromatic N) is 2. The highest BCUT2D eigenvalue weighted by atomic mass is 16.3. The number of furan rings is 1. The van der Waals surface area contributed by atoms with Crippen molar-refractivity contribution in [3.05, 3.63) is 66.1 Å². The van der Waals surface area contributed by atoms with Crippen molar-refractivity contribution < 1.29 is 4.42 Å². The molecule has 0 atom stereocenters. The summed E-state index contributed by atoms with van der Waals surface area (Å²) >= 11 is 0. The normalized spacial score (nSPS) is 11.0. The van der Waals surface area contributed by atoms with E-state index in [-0.39, 0.29) is 5.95 Å². The van der Waals surface area contributed by atoms with E-state index in [0.29, 0.717) is 11.5 Å². The van der Waals surface area contributed by atoms with Crippen molar-refractivity contribution in [2.24, 2.45) is 0 Å². The molecule has 0 bridgehead atoms. The van der Waals surface area contributed by atoms with Crippen LogP contribution in [0.15, 0.2) is 59.2 Å². The third-order valence-electron chi connectivity index (χ3n) is 2.78. The first-order valence-corrected chi connectivity index (χ1v) is 6.23. The molecule has 0 amide bonds. The summed E-state index contributed by atoms with van der Waals surface area (Å²) in [6, 6.07) is 15.5. The highest BCUT2D eigenvalue weighted by Gasteiger charge is 2.05. The first-order chi connectivity index (χ1) is 9.81. The first-order valence-electron chi connectivity index (χ1n) is 6.23. The predicted octanol–water partition coefficient (Wildman–Crippen LogP) is 3.49. The fraction of sp³-hybridized carbons (Fsp3) is 0. The van der Waals surface area contributed by atoms with Crippen molar-refractivity contribution >= 4 is 18.1 Å². The highest BCUT2D eigenvalue weighted by Crippen LogP contribution is 2.19. The Morgan fingerprint density at radius 1 is 0.950 bits per heavy atom. The summed E-state index contributed by atoms with van der Waals surface area (Å²) in [5, 5.41) is 0. The number of nitrogens with two attached hydrogens (primary N) is 1. The van der Waals surface area contributed by atoms with Gasteiger partial charge in [0.05, 0.1) is 12.0 Å². The van der Waals surface area contributed by atoms with Crippen molar-refractivity contribution in [1.29, 1.82) is 0 Å². The zero-order valence-corrected chi connectivity index (χ0v) is 10.7. The summed E-state index contributed by atoms with van der Waals surface area (Å²) in [7, 11) is 0. The number of rotatable bonds is 3. The van der Waals surface area contributed by atoms with Gasteiger partial charge in [-0.05, 0) is 29.8 Å². The Kier molecular flexibility index (Phi) is 3.29. The van der Waals surface area contributed by atoms with E-state index in [1.165, 1.54) is 0 Å². The van der Waals surface area contributed by atoms with Crippen LogP contribution >= 0.6 is 0 Å². The minimum Gasteiger partial charge on any atom is -0.463 e. The van der Waals surface area contributed by atoms with Crippen LogP contribution in [-0.4, -0.2) is 9.97 Å². The largest absolute Gasteiger partial charge is 0.463 e. The zero-order valence-electron chi connectivity index (χ0n) is 10.7. The van der Waals surface area contributed by atoms with Crippen LogP contribution in [0.2, 0.25) is 0 Å². The van der Waals surface area contributed by atoms with E-state index in [0.717, 1.165) is 11.3 Å². The fourth-order valence-electron chi connectivity index (χ4n) is 1.87. The lowest BCUT2D eigenvalue weighted by molar-refractivity contribution is 0.580. The van der Waals surface area contributed by atoms with E-state index < -0.39 is 0 Å². The van der Waals surface area contributed by atoms with Gasteiger partial charge in [-0.3, -0.25) is 0 Å². The quantitative estimate of drug-likeness (QED) is 0.785. The Bertz CT molecular complexity index is 719. The molecule has 4 heteroatoms. The number of hydrogen-bond donors (Lipinski definition) is 1. The van der Waals surface area contributed by atoms with E-state index in [9.17, 15) is 0 Å². The maximum absolute atomic E-state index is 5.74. The summed E-state index contributed by atoms with van der Waals surface area (Å²) in [6.45, 7) is 0. The molecule has 0 aliphatic carbocycles. The molecule has 0 saturated heterocycles. The van der Waals surface area contributed by atoms with E-state index >= 15 is 0 Å². The topological polar surface area (TPSA) is 64.9 Å². The van der Waals surface area contributed by atoms with Crippen LogP contribution in [-0.2, 0) is 0 Å². The maximum Gasteiger partial charge on any atom is 0.221 e. The van der Waals surface area contributed by atoms with E-state index in [1.54, 1.807) is 6.26 Å². The summed E-state index contributed by atoms with van der Waals surface area (Å²) < 4.78 is 5.32. The molecule has 0 spiro atoms. The van der Waals surface area contributed by atoms with Crippen LogP contribution in [0.5, 0.6) is 0 Å². The van der Waals surface area contributed by atoms with E-state index in [2.05, 4.69) is 9.97 Å². The van der Waals surface area contributed by atoms with Crippen LogP contribution in [0.25, 0.3) is 23.6 Å². The molecular weight excluding hydrogens is 250 g/mol. The van der Waals surface area contributed by atoms with Gasteiger partial charge in [0.2, 0.25) is 5.95 Å². The Morgan fingerprint density at radius 2 is 1.80 bits per heavy atom. The standard InChI is InChI=1S/C16H13N3O/c17-16-18-13(9-8-12-5-2-1-3-6-12)11-14(19-16)15-7-4-10-20-15/h1-11H,(H2,17,18,19). The molecule has 3 rings (SSSR count). The van der Waals surface area contributed by atoms with Crippen LogP contribution < -0.4 is 5.73 Å². The van der Waals surface area contributed by atoms with Crippen LogP contribution in [0.4, 0.5) is 5.95 Å². The van der Waals surface area contributed by atoms with Gasteiger partial charge in [-0.1, -0.05) is 36.4 Å². The number of hydrogen-bond acceptors (Lipinski definition) is 4. The molecule has 4 nitrogen and oxygen atoms in total. The average Bonchev–Trinajstić information content (AvgIpc) is 3.00. The van der Waals surface area contributed by atoms with Crippen molar-refractivity contribution in [1.82, 2.24) is 9.97 Å². The second-order valence-electron chi connectivity index (χ2n) is 4.26. The summed E-state index contributed by atoms with van der Waals surface area (Å²) in [5.74, 6) is 0.903. The maximum atomic E-state index is 5.74. The van der Waals surface area contributed by atoms with E-state index in [4.69, 9.17) is 10.2 Å². The van der Waals surface area contributed by atoms with Gasteiger partial charge < -0.3 is 10.2 Å². The van der Waals surface area contributed by atoms with Gasteiger partial charge in [0, 0.05) is 0 Å². The van der Waals surface area contributed by atoms with Crippen molar-refractivity contribution in [2.75, 3.05) is 5.73 Å². The van der Waals surface area contributed by atoms with Crippen LogP contribution in [0.3, 0.4) is 0 Å². The molecule has 3 aromatic rings. The van der Waals surface area contributed by atoms with Crippen molar-refractivity contribution in [3.8, 4) is 11.5 Å². The lowest BCUT2D eigenvalue weighted by Gasteiger charge is -2.00. The Labute approximate surface area is 116 Å². The van der Waals surface area contributed by atoms with Gasteiger partial charge in [-0.15, -0.1) is 0 Å². The SMILES string of the molecule is Nc1nc(C=Cc2ccccc2)cc(-c2ccco2)n1. The second kappa shape index (κ2) is 5.40. The Morgan fingerprint density at radius 3 is 2.55 bits per heavy atom. The highest BCUT2D eigenvalue weighted by molar-refractivity contribution is 5.70. The van der Waals surface area contributed by atoms with Gasteiger partial charge in [0.15, 0.2) is 5.76 Å². The van der Waals surface area contributed by atoms with Crippen LogP contribution in [0, 0.1) is 0 Å². The lowest BCUT2D eigenvalue weighted by Crippen LogP contribution is -1.97. The number of aromatic nitrogens is 2. The van der Waals surface area contributed by atoms with Crippen molar-refractivity contribution in [3.63, 3.8) is 0 Å². The predicted molar refractivity (Wildman–Crippen MR) is 79.5 cm³/mol. The molecule has 0 aliphatic rings. The molecule has 0 fully saturated rings. The molecule has 98 valence electrons. The molecule has 20 heavy (non-hydrogen) atoms. The Hall–Kier alpha value is -2.88. The van der Waals surface area contributed by atoms with Gasteiger partial charge in [-0.2, -0.15) is 0 Å². The Balaban J connectivity index is 1.93. The summed E-state index contributed by atoms with van der Waals surface area (Å²) in [6.07, 6.45) is 5.49. The molecular formula is C16H13N3O. The number of benzene rings is 1. The van der Waals surface area contributed by atoms with Crippen molar-refractivity contribution in [2.45, 2.75) is 0 Å². The van der Waals surface area contributed by atoms with E-state index in [1.807, 2.05) is 60.7 Å². The molecule has 0 aliphatic heterocycles. The molecule has 0 radical (unpaired) electrons. The summed E-state index contributed by atoms with van der Waals surface area (Å²) in [5.41, 5.74) is 8.26.